The molecule has 3 heterocycles. The second-order valence-electron chi connectivity index (χ2n) is 6.41. The molecule has 6 nitrogen and oxygen atoms in total. The van der Waals surface area contributed by atoms with Gasteiger partial charge in [-0.1, -0.05) is 0 Å². The molecule has 7 heteroatoms. The lowest BCUT2D eigenvalue weighted by molar-refractivity contribution is -0.159. The van der Waals surface area contributed by atoms with Crippen molar-refractivity contribution in [1.29, 1.82) is 0 Å². The van der Waals surface area contributed by atoms with Crippen LogP contribution in [0.4, 0.5) is 0 Å². The van der Waals surface area contributed by atoms with Crippen molar-refractivity contribution in [3.05, 3.63) is 39.3 Å². The molecule has 2 aromatic heterocycles. The van der Waals surface area contributed by atoms with Gasteiger partial charge in [-0.25, -0.2) is 0 Å². The van der Waals surface area contributed by atoms with Gasteiger partial charge < -0.3 is 9.64 Å². The number of nitrogens with zero attached hydrogens (tertiary/aromatic N) is 3. The summed E-state index contributed by atoms with van der Waals surface area (Å²) in [6.07, 6.45) is 0.319. The lowest BCUT2D eigenvalue weighted by Crippen LogP contribution is -2.42. The summed E-state index contributed by atoms with van der Waals surface area (Å²) in [6.45, 7) is 7.26. The van der Waals surface area contributed by atoms with E-state index in [1.54, 1.807) is 27.8 Å². The van der Waals surface area contributed by atoms with Gasteiger partial charge >= 0.3 is 5.97 Å². The molecule has 0 aliphatic carbocycles. The van der Waals surface area contributed by atoms with Crippen LogP contribution in [-0.2, 0) is 33.8 Å². The minimum Gasteiger partial charge on any atom is -0.452 e. The third-order valence-electron chi connectivity index (χ3n) is 4.41. The number of aryl methyl sites for hydroxylation is 3. The Bertz CT molecular complexity index is 780. The summed E-state index contributed by atoms with van der Waals surface area (Å²) in [5, 5.41) is 6.38. The number of carbonyl (C=O) groups excluding carboxylic acids is 2. The van der Waals surface area contributed by atoms with E-state index >= 15 is 0 Å². The van der Waals surface area contributed by atoms with Crippen LogP contribution >= 0.6 is 11.3 Å². The minimum atomic E-state index is -0.756. The fourth-order valence-electron chi connectivity index (χ4n) is 3.10. The highest BCUT2D eigenvalue weighted by Gasteiger charge is 2.27. The summed E-state index contributed by atoms with van der Waals surface area (Å²) in [4.78, 5) is 27.7. The molecule has 1 aliphatic heterocycles. The van der Waals surface area contributed by atoms with Gasteiger partial charge in [-0.3, -0.25) is 14.3 Å². The van der Waals surface area contributed by atoms with Crippen molar-refractivity contribution in [3.63, 3.8) is 0 Å². The van der Waals surface area contributed by atoms with Crippen molar-refractivity contribution < 1.29 is 14.3 Å². The van der Waals surface area contributed by atoms with E-state index in [-0.39, 0.29) is 18.3 Å². The van der Waals surface area contributed by atoms with Crippen LogP contribution in [0, 0.1) is 13.8 Å². The third kappa shape index (κ3) is 4.10. The number of aromatic nitrogens is 2. The zero-order chi connectivity index (χ0) is 18.0. The molecule has 25 heavy (non-hydrogen) atoms. The molecule has 1 atom stereocenters. The molecule has 134 valence electrons. The molecule has 1 aliphatic rings. The van der Waals surface area contributed by atoms with Gasteiger partial charge in [0.05, 0.1) is 18.7 Å². The first-order valence-electron chi connectivity index (χ1n) is 8.48. The number of fused-ring (bicyclic) bond motifs is 1. The Morgan fingerprint density at radius 1 is 1.40 bits per heavy atom. The van der Waals surface area contributed by atoms with Crippen LogP contribution in [-0.4, -0.2) is 39.2 Å². The Balaban J connectivity index is 1.49. The normalized spacial score (nSPS) is 14.9. The Kier molecular flexibility index (Phi) is 5.22. The SMILES string of the molecule is Cc1cc(C)n(CCC(=O)OC(C)C(=O)N2CCc3sccc3C2)n1. The van der Waals surface area contributed by atoms with Gasteiger partial charge in [-0.15, -0.1) is 11.3 Å². The number of carbonyl (C=O) groups is 2. The van der Waals surface area contributed by atoms with E-state index in [4.69, 9.17) is 4.74 Å². The van der Waals surface area contributed by atoms with Crippen LogP contribution in [0.3, 0.4) is 0 Å². The molecule has 0 saturated carbocycles. The van der Waals surface area contributed by atoms with Gasteiger partial charge in [0.15, 0.2) is 6.10 Å². The first-order valence-corrected chi connectivity index (χ1v) is 9.36. The largest absolute Gasteiger partial charge is 0.452 e. The van der Waals surface area contributed by atoms with Crippen molar-refractivity contribution in [1.82, 2.24) is 14.7 Å². The number of thiophene rings is 1. The van der Waals surface area contributed by atoms with Gasteiger partial charge in [0.1, 0.15) is 0 Å². The average Bonchev–Trinajstić information content (AvgIpc) is 3.17. The standard InChI is InChI=1S/C18H23N3O3S/c1-12-10-13(2)21(19-12)8-5-17(22)24-14(3)18(23)20-7-4-16-15(11-20)6-9-25-16/h6,9-10,14H,4-5,7-8,11H2,1-3H3. The fraction of sp³-hybridized carbons (Fsp3) is 0.500. The third-order valence-corrected chi connectivity index (χ3v) is 5.43. The highest BCUT2D eigenvalue weighted by Crippen LogP contribution is 2.24. The number of ether oxygens (including phenoxy) is 1. The zero-order valence-electron chi connectivity index (χ0n) is 14.8. The summed E-state index contributed by atoms with van der Waals surface area (Å²) < 4.78 is 7.12. The van der Waals surface area contributed by atoms with Crippen molar-refractivity contribution >= 4 is 23.2 Å². The number of esters is 1. The van der Waals surface area contributed by atoms with Crippen LogP contribution < -0.4 is 0 Å². The minimum absolute atomic E-state index is 0.128. The number of hydrogen-bond donors (Lipinski definition) is 0. The molecule has 0 bridgehead atoms. The predicted octanol–water partition coefficient (Wildman–Crippen LogP) is 2.47. The maximum atomic E-state index is 12.5. The van der Waals surface area contributed by atoms with E-state index in [9.17, 15) is 9.59 Å². The van der Waals surface area contributed by atoms with E-state index in [0.717, 1.165) is 17.8 Å². The van der Waals surface area contributed by atoms with E-state index < -0.39 is 6.10 Å². The molecule has 0 N–H and O–H groups in total. The summed E-state index contributed by atoms with van der Waals surface area (Å²) in [7, 11) is 0. The number of rotatable bonds is 5. The van der Waals surface area contributed by atoms with Crippen LogP contribution in [0.25, 0.3) is 0 Å². The van der Waals surface area contributed by atoms with Crippen LogP contribution in [0.15, 0.2) is 17.5 Å². The molecule has 2 aromatic rings. The van der Waals surface area contributed by atoms with Crippen molar-refractivity contribution in [3.8, 4) is 0 Å². The van der Waals surface area contributed by atoms with E-state index in [0.29, 0.717) is 19.6 Å². The number of amides is 1. The van der Waals surface area contributed by atoms with Gasteiger partial charge in [0.2, 0.25) is 0 Å². The second-order valence-corrected chi connectivity index (χ2v) is 7.41. The highest BCUT2D eigenvalue weighted by atomic mass is 32.1. The summed E-state index contributed by atoms with van der Waals surface area (Å²) in [6, 6.07) is 4.02. The Morgan fingerprint density at radius 3 is 2.92 bits per heavy atom. The molecular weight excluding hydrogens is 338 g/mol. The lowest BCUT2D eigenvalue weighted by atomic mass is 10.1. The van der Waals surface area contributed by atoms with Crippen molar-refractivity contribution in [2.24, 2.45) is 0 Å². The molecule has 1 unspecified atom stereocenters. The molecule has 0 aromatic carbocycles. The van der Waals surface area contributed by atoms with E-state index in [1.807, 2.05) is 19.9 Å². The molecular formula is C18H23N3O3S. The van der Waals surface area contributed by atoms with Crippen LogP contribution in [0.1, 0.15) is 35.2 Å². The van der Waals surface area contributed by atoms with Crippen molar-refractivity contribution in [2.45, 2.75) is 52.8 Å². The second kappa shape index (κ2) is 7.39. The van der Waals surface area contributed by atoms with Gasteiger partial charge in [-0.2, -0.15) is 5.10 Å². The molecule has 0 spiro atoms. The van der Waals surface area contributed by atoms with Gasteiger partial charge in [0, 0.05) is 23.7 Å². The quantitative estimate of drug-likeness (QED) is 0.768. The number of hydrogen-bond acceptors (Lipinski definition) is 5. The lowest BCUT2D eigenvalue weighted by Gasteiger charge is -2.29. The highest BCUT2D eigenvalue weighted by molar-refractivity contribution is 7.10. The molecule has 0 fully saturated rings. The zero-order valence-corrected chi connectivity index (χ0v) is 15.6. The molecule has 0 saturated heterocycles. The Hall–Kier alpha value is -2.15. The monoisotopic (exact) mass is 361 g/mol. The van der Waals surface area contributed by atoms with Crippen molar-refractivity contribution in [2.75, 3.05) is 6.54 Å². The fourth-order valence-corrected chi connectivity index (χ4v) is 3.99. The van der Waals surface area contributed by atoms with Gasteiger partial charge in [-0.05, 0) is 50.3 Å². The summed E-state index contributed by atoms with van der Waals surface area (Å²) in [5.41, 5.74) is 3.13. The molecule has 1 amide bonds. The maximum absolute atomic E-state index is 12.5. The Labute approximate surface area is 151 Å². The van der Waals surface area contributed by atoms with Gasteiger partial charge in [0.25, 0.3) is 5.91 Å². The molecule has 0 radical (unpaired) electrons. The first-order chi connectivity index (χ1) is 11.9. The Morgan fingerprint density at radius 2 is 2.20 bits per heavy atom. The topological polar surface area (TPSA) is 64.4 Å². The summed E-state index contributed by atoms with van der Waals surface area (Å²) in [5.74, 6) is -0.502. The first kappa shape index (κ1) is 17.7. The van der Waals surface area contributed by atoms with E-state index in [2.05, 4.69) is 16.5 Å². The smallest absolute Gasteiger partial charge is 0.308 e. The van der Waals surface area contributed by atoms with E-state index in [1.165, 1.54) is 10.4 Å². The van der Waals surface area contributed by atoms with Crippen LogP contribution in [0.5, 0.6) is 0 Å². The average molecular weight is 361 g/mol. The van der Waals surface area contributed by atoms with Crippen LogP contribution in [0.2, 0.25) is 0 Å². The predicted molar refractivity (Wildman–Crippen MR) is 95.3 cm³/mol. The molecule has 3 rings (SSSR count). The maximum Gasteiger partial charge on any atom is 0.308 e. The summed E-state index contributed by atoms with van der Waals surface area (Å²) >= 11 is 1.73.